The molecule has 32 heavy (non-hydrogen) atoms. The molecule has 0 aliphatic carbocycles. The second kappa shape index (κ2) is 9.91. The van der Waals surface area contributed by atoms with E-state index in [-0.39, 0.29) is 17.9 Å². The van der Waals surface area contributed by atoms with Gasteiger partial charge in [0.2, 0.25) is 10.0 Å². The Kier molecular flexibility index (Phi) is 7.00. The van der Waals surface area contributed by atoms with Gasteiger partial charge in [-0.2, -0.15) is 4.31 Å². The minimum atomic E-state index is -3.59. The van der Waals surface area contributed by atoms with Crippen molar-refractivity contribution in [2.75, 3.05) is 26.3 Å². The number of aryl methyl sites for hydroxylation is 1. The van der Waals surface area contributed by atoms with Crippen LogP contribution in [0.25, 0.3) is 10.6 Å². The predicted octanol–water partition coefficient (Wildman–Crippen LogP) is 3.43. The van der Waals surface area contributed by atoms with Gasteiger partial charge in [-0.3, -0.25) is 4.79 Å². The van der Waals surface area contributed by atoms with E-state index in [1.807, 2.05) is 36.6 Å². The largest absolute Gasteiger partial charge is 0.461 e. The summed E-state index contributed by atoms with van der Waals surface area (Å²) < 4.78 is 37.6. The maximum Gasteiger partial charge on any atom is 0.312 e. The molecule has 0 amide bonds. The Balaban J connectivity index is 1.35. The first kappa shape index (κ1) is 22.6. The SMILES string of the molecule is Cc1ccc(-c2nc(CC(=O)OCc3cccc(S(=O)(=O)N4CCOCC4)c3)cs2)cc1. The molecule has 0 N–H and O–H groups in total. The van der Waals surface area contributed by atoms with Crippen molar-refractivity contribution >= 4 is 27.3 Å². The number of sulfonamides is 1. The van der Waals surface area contributed by atoms with E-state index in [0.29, 0.717) is 37.6 Å². The second-order valence-electron chi connectivity index (χ2n) is 7.51. The molecule has 0 atom stereocenters. The van der Waals surface area contributed by atoms with Gasteiger partial charge in [0.05, 0.1) is 30.2 Å². The van der Waals surface area contributed by atoms with Crippen molar-refractivity contribution < 1.29 is 22.7 Å². The third-order valence-electron chi connectivity index (χ3n) is 5.08. The van der Waals surface area contributed by atoms with Gasteiger partial charge in [0.25, 0.3) is 0 Å². The number of ether oxygens (including phenoxy) is 2. The highest BCUT2D eigenvalue weighted by Crippen LogP contribution is 2.24. The van der Waals surface area contributed by atoms with Crippen LogP contribution in [0.1, 0.15) is 16.8 Å². The molecule has 1 aromatic heterocycles. The number of rotatable bonds is 7. The van der Waals surface area contributed by atoms with Crippen LogP contribution in [0, 0.1) is 6.92 Å². The summed E-state index contributed by atoms with van der Waals surface area (Å²) in [5.41, 5.74) is 3.46. The Morgan fingerprint density at radius 1 is 1.16 bits per heavy atom. The van der Waals surface area contributed by atoms with Gasteiger partial charge in [-0.25, -0.2) is 13.4 Å². The fraction of sp³-hybridized carbons (Fsp3) is 0.304. The molecule has 7 nitrogen and oxygen atoms in total. The number of aromatic nitrogens is 1. The minimum Gasteiger partial charge on any atom is -0.461 e. The van der Waals surface area contributed by atoms with E-state index in [1.165, 1.54) is 21.2 Å². The van der Waals surface area contributed by atoms with Crippen molar-refractivity contribution in [1.82, 2.24) is 9.29 Å². The number of nitrogens with zero attached hydrogens (tertiary/aromatic N) is 2. The predicted molar refractivity (Wildman–Crippen MR) is 122 cm³/mol. The summed E-state index contributed by atoms with van der Waals surface area (Å²) in [5.74, 6) is -0.410. The van der Waals surface area contributed by atoms with Gasteiger partial charge in [-0.15, -0.1) is 11.3 Å². The van der Waals surface area contributed by atoms with Gasteiger partial charge in [-0.1, -0.05) is 42.0 Å². The number of hydrogen-bond acceptors (Lipinski definition) is 7. The Morgan fingerprint density at radius 2 is 1.91 bits per heavy atom. The average Bonchev–Trinajstić information content (AvgIpc) is 3.27. The fourth-order valence-electron chi connectivity index (χ4n) is 3.31. The molecule has 1 aliphatic heterocycles. The first-order chi connectivity index (χ1) is 15.4. The summed E-state index contributed by atoms with van der Waals surface area (Å²) in [6.45, 7) is 3.47. The summed E-state index contributed by atoms with van der Waals surface area (Å²) in [7, 11) is -3.59. The van der Waals surface area contributed by atoms with Crippen molar-refractivity contribution in [2.45, 2.75) is 24.8 Å². The lowest BCUT2D eigenvalue weighted by atomic mass is 10.2. The lowest BCUT2D eigenvalue weighted by molar-refractivity contribution is -0.144. The molecule has 1 fully saturated rings. The lowest BCUT2D eigenvalue weighted by Gasteiger charge is -2.26. The van der Waals surface area contributed by atoms with Crippen molar-refractivity contribution in [3.63, 3.8) is 0 Å². The first-order valence-electron chi connectivity index (χ1n) is 10.3. The van der Waals surface area contributed by atoms with E-state index in [9.17, 15) is 13.2 Å². The van der Waals surface area contributed by atoms with Crippen LogP contribution in [0.15, 0.2) is 58.8 Å². The van der Waals surface area contributed by atoms with Crippen molar-refractivity contribution in [2.24, 2.45) is 0 Å². The zero-order valence-corrected chi connectivity index (χ0v) is 19.3. The van der Waals surface area contributed by atoms with Crippen LogP contribution < -0.4 is 0 Å². The number of carbonyl (C=O) groups is 1. The molecule has 0 radical (unpaired) electrons. The monoisotopic (exact) mass is 472 g/mol. The molecule has 2 heterocycles. The highest BCUT2D eigenvalue weighted by atomic mass is 32.2. The number of carbonyl (C=O) groups excluding carboxylic acids is 1. The molecule has 2 aromatic carbocycles. The van der Waals surface area contributed by atoms with Gasteiger partial charge in [-0.05, 0) is 24.6 Å². The third-order valence-corrected chi connectivity index (χ3v) is 7.92. The summed E-state index contributed by atoms with van der Waals surface area (Å²) in [6.07, 6.45) is 0.0636. The molecule has 168 valence electrons. The van der Waals surface area contributed by atoms with E-state index in [4.69, 9.17) is 9.47 Å². The van der Waals surface area contributed by atoms with Gasteiger partial charge in [0, 0.05) is 24.0 Å². The Morgan fingerprint density at radius 3 is 2.66 bits per heavy atom. The molecule has 0 unspecified atom stereocenters. The third kappa shape index (κ3) is 5.42. The molecule has 0 spiro atoms. The van der Waals surface area contributed by atoms with Gasteiger partial charge >= 0.3 is 5.97 Å². The zero-order valence-electron chi connectivity index (χ0n) is 17.7. The van der Waals surface area contributed by atoms with Crippen LogP contribution >= 0.6 is 11.3 Å². The molecule has 9 heteroatoms. The number of morpholine rings is 1. The van der Waals surface area contributed by atoms with E-state index in [1.54, 1.807) is 24.3 Å². The summed E-state index contributed by atoms with van der Waals surface area (Å²) in [4.78, 5) is 17.0. The fourth-order valence-corrected chi connectivity index (χ4v) is 5.62. The summed E-state index contributed by atoms with van der Waals surface area (Å²) >= 11 is 1.48. The zero-order chi connectivity index (χ0) is 22.6. The number of esters is 1. The van der Waals surface area contributed by atoms with E-state index in [2.05, 4.69) is 4.98 Å². The van der Waals surface area contributed by atoms with E-state index in [0.717, 1.165) is 10.6 Å². The first-order valence-corrected chi connectivity index (χ1v) is 12.6. The highest BCUT2D eigenvalue weighted by molar-refractivity contribution is 7.89. The van der Waals surface area contributed by atoms with E-state index >= 15 is 0 Å². The molecule has 1 saturated heterocycles. The number of hydrogen-bond donors (Lipinski definition) is 0. The smallest absolute Gasteiger partial charge is 0.312 e. The standard InChI is InChI=1S/C23H24N2O5S2/c1-17-5-7-19(8-6-17)23-24-20(16-31-23)14-22(26)30-15-18-3-2-4-21(13-18)32(27,28)25-9-11-29-12-10-25/h2-8,13,16H,9-12,14-15H2,1H3. The van der Waals surface area contributed by atoms with Gasteiger partial charge in [0.15, 0.2) is 0 Å². The Labute approximate surface area is 191 Å². The van der Waals surface area contributed by atoms with Crippen molar-refractivity contribution in [3.8, 4) is 10.6 Å². The summed E-state index contributed by atoms with van der Waals surface area (Å²) in [6, 6.07) is 14.6. The van der Waals surface area contributed by atoms with Gasteiger partial charge in [0.1, 0.15) is 11.6 Å². The maximum atomic E-state index is 12.8. The van der Waals surface area contributed by atoms with Crippen LogP contribution in [0.5, 0.6) is 0 Å². The van der Waals surface area contributed by atoms with Crippen LogP contribution in [0.4, 0.5) is 0 Å². The second-order valence-corrected chi connectivity index (χ2v) is 10.3. The van der Waals surface area contributed by atoms with Crippen molar-refractivity contribution in [3.05, 3.63) is 70.7 Å². The topological polar surface area (TPSA) is 85.8 Å². The lowest BCUT2D eigenvalue weighted by Crippen LogP contribution is -2.40. The van der Waals surface area contributed by atoms with Crippen molar-refractivity contribution in [1.29, 1.82) is 0 Å². The molecule has 1 aliphatic rings. The Hall–Kier alpha value is -2.59. The van der Waals surface area contributed by atoms with E-state index < -0.39 is 16.0 Å². The van der Waals surface area contributed by atoms with Crippen LogP contribution in [0.3, 0.4) is 0 Å². The molecule has 0 saturated carbocycles. The van der Waals surface area contributed by atoms with Crippen LogP contribution in [0.2, 0.25) is 0 Å². The quantitative estimate of drug-likeness (QED) is 0.490. The maximum absolute atomic E-state index is 12.8. The Bertz CT molecular complexity index is 1180. The number of thiazole rings is 1. The molecular formula is C23H24N2O5S2. The molecule has 4 rings (SSSR count). The minimum absolute atomic E-state index is 0.000259. The molecular weight excluding hydrogens is 448 g/mol. The van der Waals surface area contributed by atoms with Crippen LogP contribution in [-0.4, -0.2) is 50.0 Å². The normalized spacial score (nSPS) is 14.9. The highest BCUT2D eigenvalue weighted by Gasteiger charge is 2.26. The number of benzene rings is 2. The molecule has 0 bridgehead atoms. The molecule has 3 aromatic rings. The van der Waals surface area contributed by atoms with Gasteiger partial charge < -0.3 is 9.47 Å². The summed E-state index contributed by atoms with van der Waals surface area (Å²) in [5, 5.41) is 2.71. The average molecular weight is 473 g/mol. The van der Waals surface area contributed by atoms with Crippen LogP contribution in [-0.2, 0) is 37.3 Å².